The Labute approximate surface area is 85.5 Å². The Morgan fingerprint density at radius 1 is 1.50 bits per heavy atom. The highest BCUT2D eigenvalue weighted by molar-refractivity contribution is 4.98. The van der Waals surface area contributed by atoms with Crippen LogP contribution in [0.3, 0.4) is 0 Å². The lowest BCUT2D eigenvalue weighted by molar-refractivity contribution is 0.270. The van der Waals surface area contributed by atoms with Crippen molar-refractivity contribution in [3.05, 3.63) is 24.2 Å². The van der Waals surface area contributed by atoms with Gasteiger partial charge >= 0.3 is 0 Å². The van der Waals surface area contributed by atoms with Gasteiger partial charge in [0, 0.05) is 12.5 Å². The monoisotopic (exact) mass is 193 g/mol. The standard InChI is InChI=1S/C12H19NO/c13-11(9-10-3-1-4-10)6-7-12-5-2-8-14-12/h2,5,8,10-11H,1,3-4,6-7,9,13H2. The van der Waals surface area contributed by atoms with Crippen LogP contribution in [-0.4, -0.2) is 6.04 Å². The van der Waals surface area contributed by atoms with E-state index in [0.717, 1.165) is 24.5 Å². The number of hydrogen-bond acceptors (Lipinski definition) is 2. The highest BCUT2D eigenvalue weighted by atomic mass is 16.3. The van der Waals surface area contributed by atoms with Crippen LogP contribution in [0, 0.1) is 5.92 Å². The van der Waals surface area contributed by atoms with E-state index in [1.54, 1.807) is 6.26 Å². The molecule has 1 aromatic heterocycles. The van der Waals surface area contributed by atoms with E-state index < -0.39 is 0 Å². The fourth-order valence-electron chi connectivity index (χ4n) is 2.06. The average molecular weight is 193 g/mol. The van der Waals surface area contributed by atoms with Crippen molar-refractivity contribution >= 4 is 0 Å². The third kappa shape index (κ3) is 2.61. The summed E-state index contributed by atoms with van der Waals surface area (Å²) < 4.78 is 5.27. The molecule has 0 aromatic carbocycles. The summed E-state index contributed by atoms with van der Waals surface area (Å²) in [6, 6.07) is 4.33. The van der Waals surface area contributed by atoms with Gasteiger partial charge in [0.1, 0.15) is 5.76 Å². The van der Waals surface area contributed by atoms with E-state index >= 15 is 0 Å². The van der Waals surface area contributed by atoms with Crippen molar-refractivity contribution in [2.45, 2.75) is 44.6 Å². The molecule has 1 atom stereocenters. The zero-order chi connectivity index (χ0) is 9.80. The fraction of sp³-hybridized carbons (Fsp3) is 0.667. The molecule has 0 radical (unpaired) electrons. The van der Waals surface area contributed by atoms with Crippen molar-refractivity contribution in [1.82, 2.24) is 0 Å². The zero-order valence-corrected chi connectivity index (χ0v) is 8.61. The maximum atomic E-state index is 6.06. The van der Waals surface area contributed by atoms with Crippen molar-refractivity contribution in [1.29, 1.82) is 0 Å². The Morgan fingerprint density at radius 3 is 2.93 bits per heavy atom. The van der Waals surface area contributed by atoms with E-state index in [-0.39, 0.29) is 0 Å². The molecule has 14 heavy (non-hydrogen) atoms. The highest BCUT2D eigenvalue weighted by Crippen LogP contribution is 2.30. The van der Waals surface area contributed by atoms with Crippen molar-refractivity contribution in [2.75, 3.05) is 0 Å². The second kappa shape index (κ2) is 4.65. The molecule has 78 valence electrons. The van der Waals surface area contributed by atoms with Crippen LogP contribution >= 0.6 is 0 Å². The summed E-state index contributed by atoms with van der Waals surface area (Å²) in [6.07, 6.45) is 9.19. The summed E-state index contributed by atoms with van der Waals surface area (Å²) in [5, 5.41) is 0. The van der Waals surface area contributed by atoms with E-state index in [1.165, 1.54) is 25.7 Å². The highest BCUT2D eigenvalue weighted by Gasteiger charge is 2.20. The molecule has 1 aliphatic carbocycles. The maximum absolute atomic E-state index is 6.06. The van der Waals surface area contributed by atoms with Gasteiger partial charge in [-0.25, -0.2) is 0 Å². The zero-order valence-electron chi connectivity index (χ0n) is 8.61. The number of nitrogens with two attached hydrogens (primary N) is 1. The minimum atomic E-state index is 0.366. The first-order chi connectivity index (χ1) is 6.84. The molecule has 0 aliphatic heterocycles. The van der Waals surface area contributed by atoms with E-state index in [4.69, 9.17) is 10.2 Å². The molecular formula is C12H19NO. The molecule has 0 amide bonds. The van der Waals surface area contributed by atoms with Crippen molar-refractivity contribution in [3.8, 4) is 0 Å². The lowest BCUT2D eigenvalue weighted by atomic mass is 9.80. The molecule has 1 aromatic rings. The molecule has 1 saturated carbocycles. The third-order valence-electron chi connectivity index (χ3n) is 3.20. The van der Waals surface area contributed by atoms with Crippen LogP contribution < -0.4 is 5.73 Å². The van der Waals surface area contributed by atoms with Gasteiger partial charge in [0.15, 0.2) is 0 Å². The molecule has 2 rings (SSSR count). The topological polar surface area (TPSA) is 39.2 Å². The van der Waals surface area contributed by atoms with Gasteiger partial charge in [0.25, 0.3) is 0 Å². The molecule has 1 aliphatic rings. The van der Waals surface area contributed by atoms with Gasteiger partial charge in [-0.2, -0.15) is 0 Å². The van der Waals surface area contributed by atoms with Crippen molar-refractivity contribution < 1.29 is 4.42 Å². The second-order valence-corrected chi connectivity index (χ2v) is 4.41. The van der Waals surface area contributed by atoms with Gasteiger partial charge in [0.05, 0.1) is 6.26 Å². The quantitative estimate of drug-likeness (QED) is 0.781. The van der Waals surface area contributed by atoms with Crippen LogP contribution in [0.25, 0.3) is 0 Å². The first kappa shape index (κ1) is 9.78. The summed E-state index contributed by atoms with van der Waals surface area (Å²) in [7, 11) is 0. The molecule has 2 heteroatoms. The Balaban J connectivity index is 1.64. The lowest BCUT2D eigenvalue weighted by Gasteiger charge is -2.27. The van der Waals surface area contributed by atoms with E-state index in [0.29, 0.717) is 6.04 Å². The number of aryl methyl sites for hydroxylation is 1. The first-order valence-corrected chi connectivity index (χ1v) is 5.62. The minimum Gasteiger partial charge on any atom is -0.469 e. The number of rotatable bonds is 5. The lowest BCUT2D eigenvalue weighted by Crippen LogP contribution is -2.27. The van der Waals surface area contributed by atoms with Crippen molar-refractivity contribution in [3.63, 3.8) is 0 Å². The Hall–Kier alpha value is -0.760. The molecule has 0 saturated heterocycles. The van der Waals surface area contributed by atoms with Gasteiger partial charge in [0.2, 0.25) is 0 Å². The predicted octanol–water partition coefficient (Wildman–Crippen LogP) is 2.73. The second-order valence-electron chi connectivity index (χ2n) is 4.41. The molecular weight excluding hydrogens is 174 g/mol. The summed E-state index contributed by atoms with van der Waals surface area (Å²) in [4.78, 5) is 0. The van der Waals surface area contributed by atoms with Crippen LogP contribution in [-0.2, 0) is 6.42 Å². The van der Waals surface area contributed by atoms with Gasteiger partial charge in [-0.05, 0) is 30.9 Å². The maximum Gasteiger partial charge on any atom is 0.103 e. The minimum absolute atomic E-state index is 0.366. The Kier molecular flexibility index (Phi) is 3.25. The van der Waals surface area contributed by atoms with E-state index in [9.17, 15) is 0 Å². The average Bonchev–Trinajstić information content (AvgIpc) is 2.60. The van der Waals surface area contributed by atoms with Gasteiger partial charge in [-0.3, -0.25) is 0 Å². The smallest absolute Gasteiger partial charge is 0.103 e. The molecule has 0 bridgehead atoms. The predicted molar refractivity (Wildman–Crippen MR) is 57.0 cm³/mol. The first-order valence-electron chi connectivity index (χ1n) is 5.62. The van der Waals surface area contributed by atoms with Crippen LogP contribution in [0.4, 0.5) is 0 Å². The summed E-state index contributed by atoms with van der Waals surface area (Å²) in [5.74, 6) is 1.98. The normalized spacial score (nSPS) is 19.2. The summed E-state index contributed by atoms with van der Waals surface area (Å²) in [5.41, 5.74) is 6.06. The summed E-state index contributed by atoms with van der Waals surface area (Å²) >= 11 is 0. The van der Waals surface area contributed by atoms with E-state index in [2.05, 4.69) is 0 Å². The van der Waals surface area contributed by atoms with Gasteiger partial charge in [-0.1, -0.05) is 19.3 Å². The largest absolute Gasteiger partial charge is 0.469 e. The summed E-state index contributed by atoms with van der Waals surface area (Å²) in [6.45, 7) is 0. The molecule has 1 unspecified atom stereocenters. The molecule has 1 fully saturated rings. The van der Waals surface area contributed by atoms with Crippen LogP contribution in [0.5, 0.6) is 0 Å². The Bertz CT molecular complexity index is 251. The molecule has 2 nitrogen and oxygen atoms in total. The number of hydrogen-bond donors (Lipinski definition) is 1. The third-order valence-corrected chi connectivity index (χ3v) is 3.20. The van der Waals surface area contributed by atoms with Gasteiger partial charge < -0.3 is 10.2 Å². The molecule has 1 heterocycles. The van der Waals surface area contributed by atoms with Crippen LogP contribution in [0.2, 0.25) is 0 Å². The van der Waals surface area contributed by atoms with Crippen molar-refractivity contribution in [2.24, 2.45) is 11.7 Å². The van der Waals surface area contributed by atoms with Crippen LogP contribution in [0.1, 0.15) is 37.9 Å². The van der Waals surface area contributed by atoms with E-state index in [1.807, 2.05) is 12.1 Å². The molecule has 2 N–H and O–H groups in total. The molecule has 0 spiro atoms. The number of furan rings is 1. The van der Waals surface area contributed by atoms with Crippen LogP contribution in [0.15, 0.2) is 22.8 Å². The SMILES string of the molecule is NC(CCc1ccco1)CC1CCC1. The fourth-order valence-corrected chi connectivity index (χ4v) is 2.06. The Morgan fingerprint density at radius 2 is 2.36 bits per heavy atom. The van der Waals surface area contributed by atoms with Gasteiger partial charge in [-0.15, -0.1) is 0 Å².